The molecule has 54 heavy (non-hydrogen) atoms. The molecule has 1 unspecified atom stereocenters. The minimum absolute atomic E-state index is 0.0353. The van der Waals surface area contributed by atoms with Crippen molar-refractivity contribution in [3.8, 4) is 16.9 Å². The van der Waals surface area contributed by atoms with Crippen molar-refractivity contribution in [1.82, 2.24) is 20.6 Å². The first-order valence-electron chi connectivity index (χ1n) is 19.6. The second kappa shape index (κ2) is 16.9. The van der Waals surface area contributed by atoms with Gasteiger partial charge < -0.3 is 30.5 Å². The molecular formula is C44H60N4O6. The molecule has 9 atom stereocenters. The van der Waals surface area contributed by atoms with Gasteiger partial charge in [0, 0.05) is 41.2 Å². The van der Waals surface area contributed by atoms with E-state index >= 15 is 0 Å². The molecule has 10 heteroatoms. The number of fused-ring (bicyclic) bond motifs is 2. The van der Waals surface area contributed by atoms with E-state index in [0.29, 0.717) is 29.1 Å². The third kappa shape index (κ3) is 8.38. The summed E-state index contributed by atoms with van der Waals surface area (Å²) in [5, 5.41) is 29.5. The largest absolute Gasteiger partial charge is 0.496 e. The van der Waals surface area contributed by atoms with E-state index in [4.69, 9.17) is 9.57 Å². The van der Waals surface area contributed by atoms with Gasteiger partial charge in [-0.15, -0.1) is 0 Å². The van der Waals surface area contributed by atoms with Crippen molar-refractivity contribution >= 4 is 11.8 Å². The van der Waals surface area contributed by atoms with E-state index in [-0.39, 0.29) is 42.5 Å². The topological polar surface area (TPSA) is 124 Å². The number of carbonyl (C=O) groups is 2. The molecule has 3 saturated carbocycles. The summed E-state index contributed by atoms with van der Waals surface area (Å²) in [5.74, 6) is 1.10. The number of carbonyl (C=O) groups excluding carboxylic acids is 2. The van der Waals surface area contributed by atoms with Gasteiger partial charge in [-0.2, -0.15) is 5.06 Å². The molecule has 4 aliphatic rings. The van der Waals surface area contributed by atoms with E-state index in [9.17, 15) is 19.8 Å². The van der Waals surface area contributed by atoms with Gasteiger partial charge in [-0.25, -0.2) is 0 Å². The van der Waals surface area contributed by atoms with Crippen molar-refractivity contribution < 1.29 is 29.4 Å². The van der Waals surface area contributed by atoms with Crippen LogP contribution in [0.1, 0.15) is 68.4 Å². The van der Waals surface area contributed by atoms with Crippen LogP contribution in [0.2, 0.25) is 0 Å². The Morgan fingerprint density at radius 2 is 1.80 bits per heavy atom. The van der Waals surface area contributed by atoms with E-state index in [1.54, 1.807) is 19.1 Å². The van der Waals surface area contributed by atoms with Crippen LogP contribution in [0.4, 0.5) is 0 Å². The first-order valence-corrected chi connectivity index (χ1v) is 19.6. The lowest BCUT2D eigenvalue weighted by Gasteiger charge is -2.62. The Hall–Kier alpha value is -3.80. The fraction of sp³-hybridized carbons (Fsp3) is 0.545. The molecule has 0 spiro atoms. The number of ether oxygens (including phenoxy) is 1. The number of para-hydroxylation sites is 1. The summed E-state index contributed by atoms with van der Waals surface area (Å²) in [6.07, 6.45) is 2.18. The summed E-state index contributed by atoms with van der Waals surface area (Å²) < 4.78 is 6.03. The molecule has 4 N–H and O–H groups in total. The summed E-state index contributed by atoms with van der Waals surface area (Å²) in [5.41, 5.74) is 4.45. The third-order valence-electron chi connectivity index (χ3n) is 12.7. The number of likely N-dealkylation sites (N-methyl/N-ethyl adjacent to an activating group) is 1. The zero-order valence-corrected chi connectivity index (χ0v) is 33.0. The van der Waals surface area contributed by atoms with Crippen molar-refractivity contribution in [2.45, 2.75) is 90.3 Å². The zero-order valence-electron chi connectivity index (χ0n) is 33.0. The highest BCUT2D eigenvalue weighted by atomic mass is 16.7. The van der Waals surface area contributed by atoms with Crippen LogP contribution in [0.25, 0.3) is 11.1 Å². The Kier molecular flexibility index (Phi) is 12.5. The quantitative estimate of drug-likeness (QED) is 0.165. The number of hydrogen-bond donors (Lipinski definition) is 4. The van der Waals surface area contributed by atoms with Gasteiger partial charge in [0.15, 0.2) is 0 Å². The van der Waals surface area contributed by atoms with E-state index < -0.39 is 24.2 Å². The highest BCUT2D eigenvalue weighted by Crippen LogP contribution is 2.61. The van der Waals surface area contributed by atoms with Gasteiger partial charge in [0.1, 0.15) is 17.9 Å². The maximum atomic E-state index is 14.2. The van der Waals surface area contributed by atoms with Gasteiger partial charge in [0.2, 0.25) is 5.91 Å². The van der Waals surface area contributed by atoms with Gasteiger partial charge in [0.25, 0.3) is 5.91 Å². The predicted molar refractivity (Wildman–Crippen MR) is 211 cm³/mol. The number of nitrogens with zero attached hydrogens (tertiary/aromatic N) is 2. The van der Waals surface area contributed by atoms with Gasteiger partial charge in [-0.05, 0) is 93.1 Å². The number of rotatable bonds is 15. The smallest absolute Gasteiger partial charge is 0.251 e. The molecule has 2 bridgehead atoms. The van der Waals surface area contributed by atoms with E-state index in [1.807, 2.05) is 74.8 Å². The Labute approximate surface area is 321 Å². The number of hydroxylamine groups is 2. The second-order valence-corrected chi connectivity index (χ2v) is 16.8. The Morgan fingerprint density at radius 1 is 1.06 bits per heavy atom. The number of nitrogens with one attached hydrogen (secondary N) is 2. The summed E-state index contributed by atoms with van der Waals surface area (Å²) in [6, 6.07) is 22.8. The number of aliphatic hydroxyl groups is 2. The van der Waals surface area contributed by atoms with Crippen molar-refractivity contribution in [3.05, 3.63) is 89.5 Å². The van der Waals surface area contributed by atoms with Crippen LogP contribution in [0.3, 0.4) is 0 Å². The molecule has 1 saturated heterocycles. The highest BCUT2D eigenvalue weighted by Gasteiger charge is 2.57. The Balaban J connectivity index is 1.21. The van der Waals surface area contributed by atoms with Crippen molar-refractivity contribution in [3.63, 3.8) is 0 Å². The average Bonchev–Trinajstić information content (AvgIpc) is 3.53. The second-order valence-electron chi connectivity index (χ2n) is 16.8. The van der Waals surface area contributed by atoms with E-state index in [0.717, 1.165) is 42.5 Å². The number of aryl methyl sites for hydroxylation is 1. The molecular weight excluding hydrogens is 681 g/mol. The fourth-order valence-corrected chi connectivity index (χ4v) is 9.56. The lowest BCUT2D eigenvalue weighted by atomic mass is 9.45. The van der Waals surface area contributed by atoms with Crippen LogP contribution in [-0.2, 0) is 22.6 Å². The van der Waals surface area contributed by atoms with Crippen LogP contribution in [-0.4, -0.2) is 96.7 Å². The Bertz CT molecular complexity index is 1750. The summed E-state index contributed by atoms with van der Waals surface area (Å²) in [7, 11) is 5.63. The number of amides is 2. The highest BCUT2D eigenvalue weighted by molar-refractivity contribution is 5.96. The molecule has 2 amide bonds. The lowest BCUT2D eigenvalue weighted by molar-refractivity contribution is -0.183. The monoisotopic (exact) mass is 740 g/mol. The third-order valence-corrected chi connectivity index (χ3v) is 12.7. The van der Waals surface area contributed by atoms with Gasteiger partial charge in [-0.1, -0.05) is 81.4 Å². The van der Waals surface area contributed by atoms with Crippen molar-refractivity contribution in [2.24, 2.45) is 29.1 Å². The summed E-state index contributed by atoms with van der Waals surface area (Å²) in [6.45, 7) is 9.13. The normalized spacial score (nSPS) is 27.2. The number of benzene rings is 3. The standard InChI is InChI=1S/C44H60N4O6/c1-27-36-22-33(44(36,3)4)23-37(27)46-43(52)40-39(28(2)50)38(26-49)54-48(40)24-32-17-12-18-35(41(32)53-7)30-15-11-16-31(21-30)42(51)45-34(25-47(5)6)20-19-29-13-9-8-10-14-29/h8-18,21,27-28,33-34,36-40,49-50H,19-20,22-26H2,1-7H3,(H,45,51)(H,46,52)/t27-,28-,33+,34+,36-,37-,38?,39-,40-/m0/s1. The van der Waals surface area contributed by atoms with Crippen LogP contribution in [0, 0.1) is 29.1 Å². The minimum Gasteiger partial charge on any atom is -0.496 e. The van der Waals surface area contributed by atoms with E-state index in [2.05, 4.69) is 48.4 Å². The summed E-state index contributed by atoms with van der Waals surface area (Å²) in [4.78, 5) is 36.2. The first-order chi connectivity index (χ1) is 25.8. The van der Waals surface area contributed by atoms with Gasteiger partial charge in [0.05, 0.1) is 26.4 Å². The van der Waals surface area contributed by atoms with Gasteiger partial charge >= 0.3 is 0 Å². The molecule has 292 valence electrons. The van der Waals surface area contributed by atoms with Crippen molar-refractivity contribution in [1.29, 1.82) is 0 Å². The molecule has 3 aromatic rings. The average molecular weight is 741 g/mol. The predicted octanol–water partition coefficient (Wildman–Crippen LogP) is 5.32. The lowest BCUT2D eigenvalue weighted by Crippen LogP contribution is -2.62. The fourth-order valence-electron chi connectivity index (χ4n) is 9.56. The van der Waals surface area contributed by atoms with E-state index in [1.165, 1.54) is 12.0 Å². The number of methoxy groups -OCH3 is 1. The van der Waals surface area contributed by atoms with Crippen LogP contribution in [0.15, 0.2) is 72.8 Å². The molecule has 1 heterocycles. The van der Waals surface area contributed by atoms with Gasteiger partial charge in [-0.3, -0.25) is 14.4 Å². The molecule has 0 radical (unpaired) electrons. The van der Waals surface area contributed by atoms with Crippen LogP contribution < -0.4 is 15.4 Å². The molecule has 1 aliphatic heterocycles. The first kappa shape index (κ1) is 39.9. The summed E-state index contributed by atoms with van der Waals surface area (Å²) >= 11 is 0. The molecule has 4 fully saturated rings. The number of aliphatic hydroxyl groups excluding tert-OH is 2. The van der Waals surface area contributed by atoms with Crippen LogP contribution in [0.5, 0.6) is 5.75 Å². The molecule has 3 aromatic carbocycles. The maximum Gasteiger partial charge on any atom is 0.251 e. The van der Waals surface area contributed by atoms with Crippen molar-refractivity contribution in [2.75, 3.05) is 34.4 Å². The molecule has 7 rings (SSSR count). The molecule has 3 aliphatic carbocycles. The molecule has 0 aromatic heterocycles. The van der Waals surface area contributed by atoms with Crippen LogP contribution >= 0.6 is 0 Å². The minimum atomic E-state index is -0.892. The SMILES string of the molecule is COc1c(CN2OC(CO)[C@H]([C@H](C)O)[C@H]2C(=O)N[C@H]2C[C@H]3C[C@@H]([C@@H]2C)C3(C)C)cccc1-c1cccc(C(=O)N[C@H](CCc2ccccc2)CN(C)C)c1. The maximum absolute atomic E-state index is 14.2. The number of hydrogen-bond acceptors (Lipinski definition) is 8. The molecule has 10 nitrogen and oxygen atoms in total. The zero-order chi connectivity index (χ0) is 38.7. The Morgan fingerprint density at radius 3 is 2.44 bits per heavy atom.